The highest BCUT2D eigenvalue weighted by atomic mass is 16.5. The van der Waals surface area contributed by atoms with Gasteiger partial charge in [-0.1, -0.05) is 13.3 Å². The van der Waals surface area contributed by atoms with Crippen molar-refractivity contribution in [2.45, 2.75) is 19.8 Å². The Morgan fingerprint density at radius 3 is 2.64 bits per heavy atom. The zero-order chi connectivity index (χ0) is 16.1. The Morgan fingerprint density at radius 2 is 2.05 bits per heavy atom. The van der Waals surface area contributed by atoms with Crippen molar-refractivity contribution in [2.75, 3.05) is 32.0 Å². The number of phenolic OH excluding ortho intramolecular Hbond substituents is 2. The summed E-state index contributed by atoms with van der Waals surface area (Å²) in [6, 6.07) is 2.94. The maximum absolute atomic E-state index is 12.6. The van der Waals surface area contributed by atoms with E-state index >= 15 is 0 Å². The second kappa shape index (κ2) is 7.17. The number of carbonyl (C=O) groups is 1. The van der Waals surface area contributed by atoms with E-state index in [0.717, 1.165) is 6.42 Å². The van der Waals surface area contributed by atoms with Gasteiger partial charge in [-0.15, -0.1) is 0 Å². The lowest BCUT2D eigenvalue weighted by atomic mass is 10.0. The molecule has 0 bridgehead atoms. The highest BCUT2D eigenvalue weighted by Gasteiger charge is 2.20. The highest BCUT2D eigenvalue weighted by Crippen LogP contribution is 2.33. The predicted molar refractivity (Wildman–Crippen MR) is 84.5 cm³/mol. The molecule has 1 fully saturated rings. The maximum atomic E-state index is 12.6. The number of rotatable bonds is 4. The average molecular weight is 306 g/mol. The van der Waals surface area contributed by atoms with Gasteiger partial charge < -0.3 is 25.6 Å². The van der Waals surface area contributed by atoms with Crippen LogP contribution in [-0.2, 0) is 9.53 Å². The largest absolute Gasteiger partial charge is 0.504 e. The summed E-state index contributed by atoms with van der Waals surface area (Å²) in [6.45, 7) is 4.28. The van der Waals surface area contributed by atoms with Gasteiger partial charge in [0.25, 0.3) is 0 Å². The molecule has 6 heteroatoms. The number of benzene rings is 1. The SMILES string of the molecule is CCC/C(=C\c1cc(N)c(O)c(O)c1)C(=O)N1CCOCC1. The van der Waals surface area contributed by atoms with Crippen molar-refractivity contribution >= 4 is 17.7 Å². The lowest BCUT2D eigenvalue weighted by molar-refractivity contribution is -0.131. The number of nitrogens with zero attached hydrogens (tertiary/aromatic N) is 1. The number of aromatic hydroxyl groups is 2. The van der Waals surface area contributed by atoms with Gasteiger partial charge in [-0.25, -0.2) is 0 Å². The molecule has 22 heavy (non-hydrogen) atoms. The minimum atomic E-state index is -0.339. The van der Waals surface area contributed by atoms with Crippen LogP contribution in [-0.4, -0.2) is 47.3 Å². The summed E-state index contributed by atoms with van der Waals surface area (Å²) >= 11 is 0. The van der Waals surface area contributed by atoms with Gasteiger partial charge >= 0.3 is 0 Å². The van der Waals surface area contributed by atoms with E-state index in [9.17, 15) is 15.0 Å². The second-order valence-corrected chi connectivity index (χ2v) is 5.30. The summed E-state index contributed by atoms with van der Waals surface area (Å²) in [4.78, 5) is 14.4. The van der Waals surface area contributed by atoms with Gasteiger partial charge in [0.05, 0.1) is 18.9 Å². The molecule has 0 spiro atoms. The van der Waals surface area contributed by atoms with Crippen LogP contribution < -0.4 is 5.73 Å². The third-order valence-corrected chi connectivity index (χ3v) is 3.57. The van der Waals surface area contributed by atoms with Gasteiger partial charge in [0.2, 0.25) is 5.91 Å². The van der Waals surface area contributed by atoms with Gasteiger partial charge in [-0.2, -0.15) is 0 Å². The summed E-state index contributed by atoms with van der Waals surface area (Å²) in [6.07, 6.45) is 3.19. The van der Waals surface area contributed by atoms with Crippen LogP contribution in [0.1, 0.15) is 25.3 Å². The van der Waals surface area contributed by atoms with E-state index in [1.165, 1.54) is 12.1 Å². The number of anilines is 1. The van der Waals surface area contributed by atoms with E-state index in [1.807, 2.05) is 6.92 Å². The third-order valence-electron chi connectivity index (χ3n) is 3.57. The average Bonchev–Trinajstić information content (AvgIpc) is 2.52. The van der Waals surface area contributed by atoms with E-state index in [0.29, 0.717) is 43.9 Å². The molecule has 0 unspecified atom stereocenters. The number of hydrogen-bond acceptors (Lipinski definition) is 5. The number of hydrogen-bond donors (Lipinski definition) is 3. The summed E-state index contributed by atoms with van der Waals surface area (Å²) in [5, 5.41) is 19.1. The first-order valence-corrected chi connectivity index (χ1v) is 7.42. The molecule has 0 aliphatic carbocycles. The third kappa shape index (κ3) is 3.71. The molecule has 1 aromatic rings. The number of nitrogens with two attached hydrogens (primary N) is 1. The van der Waals surface area contributed by atoms with E-state index in [2.05, 4.69) is 0 Å². The molecular formula is C16H22N2O4. The molecule has 0 radical (unpaired) electrons. The molecule has 1 amide bonds. The molecule has 0 atom stereocenters. The topological polar surface area (TPSA) is 96.0 Å². The molecule has 0 aromatic heterocycles. The van der Waals surface area contributed by atoms with Crippen LogP contribution in [0.2, 0.25) is 0 Å². The summed E-state index contributed by atoms with van der Waals surface area (Å²) in [5.41, 5.74) is 6.98. The molecule has 1 aliphatic heterocycles. The van der Waals surface area contributed by atoms with Crippen LogP contribution in [0.5, 0.6) is 11.5 Å². The normalized spacial score (nSPS) is 15.9. The van der Waals surface area contributed by atoms with Gasteiger partial charge in [-0.3, -0.25) is 4.79 Å². The molecule has 0 saturated carbocycles. The number of phenols is 2. The van der Waals surface area contributed by atoms with Gasteiger partial charge in [0.15, 0.2) is 11.5 Å². The Morgan fingerprint density at radius 1 is 1.36 bits per heavy atom. The Hall–Kier alpha value is -2.21. The first-order valence-electron chi connectivity index (χ1n) is 7.42. The minimum absolute atomic E-state index is 0.0173. The molecule has 2 rings (SSSR count). The van der Waals surface area contributed by atoms with E-state index in [-0.39, 0.29) is 23.1 Å². The fourth-order valence-electron chi connectivity index (χ4n) is 2.43. The van der Waals surface area contributed by atoms with E-state index in [4.69, 9.17) is 10.5 Å². The Kier molecular flexibility index (Phi) is 5.27. The second-order valence-electron chi connectivity index (χ2n) is 5.30. The van der Waals surface area contributed by atoms with Gasteiger partial charge in [-0.05, 0) is 30.2 Å². The number of morpholine rings is 1. The Balaban J connectivity index is 2.28. The molecule has 1 aromatic carbocycles. The van der Waals surface area contributed by atoms with Crippen molar-refractivity contribution in [2.24, 2.45) is 0 Å². The first kappa shape index (κ1) is 16.2. The molecular weight excluding hydrogens is 284 g/mol. The molecule has 120 valence electrons. The lowest BCUT2D eigenvalue weighted by Crippen LogP contribution is -2.41. The van der Waals surface area contributed by atoms with Crippen LogP contribution in [0.4, 0.5) is 5.69 Å². The smallest absolute Gasteiger partial charge is 0.249 e. The van der Waals surface area contributed by atoms with Crippen molar-refractivity contribution in [1.82, 2.24) is 4.90 Å². The Labute approximate surface area is 129 Å². The van der Waals surface area contributed by atoms with Crippen molar-refractivity contribution in [1.29, 1.82) is 0 Å². The standard InChI is InChI=1S/C16H22N2O4/c1-2-3-12(16(21)18-4-6-22-7-5-18)8-11-9-13(17)15(20)14(19)10-11/h8-10,19-20H,2-7,17H2,1H3/b12-8+. The van der Waals surface area contributed by atoms with Crippen LogP contribution in [0.3, 0.4) is 0 Å². The maximum Gasteiger partial charge on any atom is 0.249 e. The molecule has 6 nitrogen and oxygen atoms in total. The van der Waals surface area contributed by atoms with Crippen molar-refractivity contribution in [3.05, 3.63) is 23.3 Å². The van der Waals surface area contributed by atoms with Crippen LogP contribution >= 0.6 is 0 Å². The quantitative estimate of drug-likeness (QED) is 0.447. The van der Waals surface area contributed by atoms with Crippen molar-refractivity contribution in [3.8, 4) is 11.5 Å². The predicted octanol–water partition coefficient (Wildman–Crippen LogP) is 1.72. The summed E-state index contributed by atoms with van der Waals surface area (Å²) in [7, 11) is 0. The van der Waals surface area contributed by atoms with Gasteiger partial charge in [0, 0.05) is 18.7 Å². The van der Waals surface area contributed by atoms with E-state index in [1.54, 1.807) is 11.0 Å². The number of nitrogen functional groups attached to an aromatic ring is 1. The van der Waals surface area contributed by atoms with Crippen LogP contribution in [0.15, 0.2) is 17.7 Å². The highest BCUT2D eigenvalue weighted by molar-refractivity contribution is 5.98. The van der Waals surface area contributed by atoms with E-state index < -0.39 is 0 Å². The monoisotopic (exact) mass is 306 g/mol. The van der Waals surface area contributed by atoms with Crippen LogP contribution in [0.25, 0.3) is 6.08 Å². The first-order chi connectivity index (χ1) is 10.5. The van der Waals surface area contributed by atoms with Crippen molar-refractivity contribution < 1.29 is 19.7 Å². The Bertz CT molecular complexity index is 555. The fourth-order valence-corrected chi connectivity index (χ4v) is 2.43. The molecule has 4 N–H and O–H groups in total. The van der Waals surface area contributed by atoms with Crippen LogP contribution in [0, 0.1) is 0 Å². The lowest BCUT2D eigenvalue weighted by Gasteiger charge is -2.27. The zero-order valence-electron chi connectivity index (χ0n) is 12.7. The molecule has 1 heterocycles. The number of ether oxygens (including phenoxy) is 1. The molecule has 1 aliphatic rings. The number of carbonyl (C=O) groups excluding carboxylic acids is 1. The number of amides is 1. The minimum Gasteiger partial charge on any atom is -0.504 e. The fraction of sp³-hybridized carbons (Fsp3) is 0.438. The summed E-state index contributed by atoms with van der Waals surface area (Å²) in [5.74, 6) is -0.647. The van der Waals surface area contributed by atoms with Crippen molar-refractivity contribution in [3.63, 3.8) is 0 Å². The zero-order valence-corrected chi connectivity index (χ0v) is 12.7. The summed E-state index contributed by atoms with van der Waals surface area (Å²) < 4.78 is 5.26. The molecule has 1 saturated heterocycles. The van der Waals surface area contributed by atoms with Gasteiger partial charge in [0.1, 0.15) is 0 Å².